The van der Waals surface area contributed by atoms with Crippen molar-refractivity contribution in [3.05, 3.63) is 23.3 Å². The fourth-order valence-corrected chi connectivity index (χ4v) is 1.29. The van der Waals surface area contributed by atoms with Crippen molar-refractivity contribution in [1.82, 2.24) is 0 Å². The quantitative estimate of drug-likeness (QED) is 0.345. The van der Waals surface area contributed by atoms with Gasteiger partial charge in [0.15, 0.2) is 5.06 Å². The zero-order valence-electron chi connectivity index (χ0n) is 4.96. The Morgan fingerprint density at radius 3 is 2.70 bits per heavy atom. The highest BCUT2D eigenvalue weighted by atomic mass is 35.5. The molecule has 0 saturated carbocycles. The fourth-order valence-electron chi connectivity index (χ4n) is 0.628. The largest absolute Gasteiger partial charge is 0.367 e. The van der Waals surface area contributed by atoms with Gasteiger partial charge in [-0.2, -0.15) is 12.6 Å². The summed E-state index contributed by atoms with van der Waals surface area (Å²) in [7, 11) is 0. The number of hydrogen-bond acceptors (Lipinski definition) is 2. The maximum Gasteiger partial charge on any atom is 0.194 e. The third kappa shape index (κ3) is 1.70. The summed E-state index contributed by atoms with van der Waals surface area (Å²) in [4.78, 5) is 0. The van der Waals surface area contributed by atoms with Gasteiger partial charge in [-0.15, -0.1) is 0 Å². The lowest BCUT2D eigenvalue weighted by atomic mass is 10.1. The highest BCUT2D eigenvalue weighted by Gasteiger charge is 2.27. The summed E-state index contributed by atoms with van der Waals surface area (Å²) in [5, 5.41) is 7.85. The van der Waals surface area contributed by atoms with E-state index in [4.69, 9.17) is 23.2 Å². The Morgan fingerprint density at radius 2 is 2.30 bits per heavy atom. The van der Waals surface area contributed by atoms with Crippen molar-refractivity contribution in [3.8, 4) is 0 Å². The summed E-state index contributed by atoms with van der Waals surface area (Å²) in [5.74, 6) is 0. The maximum atomic E-state index is 9.21. The van der Waals surface area contributed by atoms with Crippen LogP contribution in [0.2, 0.25) is 0 Å². The van der Waals surface area contributed by atoms with Gasteiger partial charge in [0, 0.05) is 5.25 Å². The third-order valence-electron chi connectivity index (χ3n) is 1.17. The molecular formula is C6H6Cl2OS. The molecule has 1 aliphatic carbocycles. The molecule has 56 valence electrons. The molecule has 0 heterocycles. The summed E-state index contributed by atoms with van der Waals surface area (Å²) in [6.07, 6.45) is 4.66. The standard InChI is InChI=1S/C6H6Cl2OS/c7-5-3-4(10)1-2-6(5,8)9/h1-4,9-10H. The molecule has 1 aliphatic rings. The van der Waals surface area contributed by atoms with E-state index < -0.39 is 5.06 Å². The van der Waals surface area contributed by atoms with Crippen LogP contribution < -0.4 is 0 Å². The van der Waals surface area contributed by atoms with E-state index in [1.54, 1.807) is 12.2 Å². The Kier molecular flexibility index (Phi) is 2.35. The summed E-state index contributed by atoms with van der Waals surface area (Å²) < 4.78 is 0. The Morgan fingerprint density at radius 1 is 1.70 bits per heavy atom. The number of rotatable bonds is 0. The van der Waals surface area contributed by atoms with E-state index in [1.807, 2.05) is 0 Å². The average molecular weight is 197 g/mol. The molecule has 0 amide bonds. The number of alkyl halides is 1. The Bertz CT molecular complexity index is 198. The predicted molar refractivity (Wildman–Crippen MR) is 46.7 cm³/mol. The van der Waals surface area contributed by atoms with Crippen LogP contribution in [0.1, 0.15) is 0 Å². The SMILES string of the molecule is OC1(Cl)C=CC(S)C=C1Cl. The fraction of sp³-hybridized carbons (Fsp3) is 0.333. The van der Waals surface area contributed by atoms with E-state index in [9.17, 15) is 5.11 Å². The minimum atomic E-state index is -1.51. The first kappa shape index (κ1) is 8.47. The Hall–Kier alpha value is 0.370. The van der Waals surface area contributed by atoms with Gasteiger partial charge in [0.2, 0.25) is 0 Å². The van der Waals surface area contributed by atoms with E-state index in [1.165, 1.54) is 6.08 Å². The molecule has 1 nitrogen and oxygen atoms in total. The minimum Gasteiger partial charge on any atom is -0.367 e. The topological polar surface area (TPSA) is 20.2 Å². The monoisotopic (exact) mass is 196 g/mol. The van der Waals surface area contributed by atoms with E-state index in [2.05, 4.69) is 12.6 Å². The molecule has 0 bridgehead atoms. The molecule has 0 aromatic rings. The first-order valence-corrected chi connectivity index (χ1v) is 3.96. The van der Waals surface area contributed by atoms with Crippen molar-refractivity contribution in [1.29, 1.82) is 0 Å². The second-order valence-electron chi connectivity index (χ2n) is 2.04. The van der Waals surface area contributed by atoms with Gasteiger partial charge < -0.3 is 5.11 Å². The van der Waals surface area contributed by atoms with Crippen LogP contribution in [0, 0.1) is 0 Å². The zero-order valence-corrected chi connectivity index (χ0v) is 7.37. The summed E-state index contributed by atoms with van der Waals surface area (Å²) in [6.45, 7) is 0. The van der Waals surface area contributed by atoms with Crippen molar-refractivity contribution < 1.29 is 5.11 Å². The molecule has 0 saturated heterocycles. The molecule has 0 aromatic carbocycles. The lowest BCUT2D eigenvalue weighted by molar-refractivity contribution is 0.223. The van der Waals surface area contributed by atoms with Crippen LogP contribution in [0.5, 0.6) is 0 Å². The van der Waals surface area contributed by atoms with E-state index >= 15 is 0 Å². The molecule has 0 aliphatic heterocycles. The Labute approximate surface area is 74.7 Å². The Balaban J connectivity index is 2.87. The molecule has 0 radical (unpaired) electrons. The van der Waals surface area contributed by atoms with Crippen LogP contribution >= 0.6 is 35.8 Å². The van der Waals surface area contributed by atoms with Crippen LogP contribution in [-0.2, 0) is 0 Å². The minimum absolute atomic E-state index is 0.0495. The van der Waals surface area contributed by atoms with Gasteiger partial charge in [-0.25, -0.2) is 0 Å². The second kappa shape index (κ2) is 2.78. The van der Waals surface area contributed by atoms with Gasteiger partial charge in [-0.3, -0.25) is 0 Å². The number of halogens is 2. The molecule has 1 rings (SSSR count). The molecule has 0 fully saturated rings. The van der Waals surface area contributed by atoms with Crippen LogP contribution in [0.4, 0.5) is 0 Å². The van der Waals surface area contributed by atoms with E-state index in [-0.39, 0.29) is 10.3 Å². The van der Waals surface area contributed by atoms with Gasteiger partial charge in [0.05, 0.1) is 5.03 Å². The molecule has 0 spiro atoms. The molecule has 10 heavy (non-hydrogen) atoms. The van der Waals surface area contributed by atoms with Crippen molar-refractivity contribution in [2.45, 2.75) is 10.3 Å². The molecule has 2 unspecified atom stereocenters. The maximum absolute atomic E-state index is 9.21. The lowest BCUT2D eigenvalue weighted by Gasteiger charge is -2.20. The summed E-state index contributed by atoms with van der Waals surface area (Å²) in [6, 6.07) is 0. The first-order chi connectivity index (χ1) is 4.52. The van der Waals surface area contributed by atoms with Gasteiger partial charge in [-0.05, 0) is 12.2 Å². The van der Waals surface area contributed by atoms with Gasteiger partial charge in [-0.1, -0.05) is 29.3 Å². The smallest absolute Gasteiger partial charge is 0.194 e. The highest BCUT2D eigenvalue weighted by molar-refractivity contribution is 7.81. The highest BCUT2D eigenvalue weighted by Crippen LogP contribution is 2.31. The first-order valence-electron chi connectivity index (χ1n) is 2.69. The predicted octanol–water partition coefficient (Wildman–Crippen LogP) is 1.90. The molecule has 2 atom stereocenters. The van der Waals surface area contributed by atoms with Gasteiger partial charge in [0.1, 0.15) is 0 Å². The number of hydrogen-bond donors (Lipinski definition) is 2. The number of thiol groups is 1. The van der Waals surface area contributed by atoms with Gasteiger partial charge >= 0.3 is 0 Å². The van der Waals surface area contributed by atoms with E-state index in [0.717, 1.165) is 0 Å². The average Bonchev–Trinajstić information content (AvgIpc) is 1.81. The van der Waals surface area contributed by atoms with Crippen molar-refractivity contribution in [2.75, 3.05) is 0 Å². The zero-order chi connectivity index (χ0) is 7.78. The van der Waals surface area contributed by atoms with Crippen LogP contribution in [0.15, 0.2) is 23.3 Å². The van der Waals surface area contributed by atoms with Crippen LogP contribution in [-0.4, -0.2) is 15.4 Å². The van der Waals surface area contributed by atoms with Crippen molar-refractivity contribution >= 4 is 35.8 Å². The molecule has 1 N–H and O–H groups in total. The van der Waals surface area contributed by atoms with Crippen LogP contribution in [0.3, 0.4) is 0 Å². The van der Waals surface area contributed by atoms with E-state index in [0.29, 0.717) is 0 Å². The lowest BCUT2D eigenvalue weighted by Crippen LogP contribution is -2.21. The third-order valence-corrected chi connectivity index (χ3v) is 2.33. The number of aliphatic hydroxyl groups is 1. The molecule has 0 aromatic heterocycles. The van der Waals surface area contributed by atoms with Crippen molar-refractivity contribution in [3.63, 3.8) is 0 Å². The molecular weight excluding hydrogens is 191 g/mol. The second-order valence-corrected chi connectivity index (χ2v) is 3.62. The van der Waals surface area contributed by atoms with Crippen LogP contribution in [0.25, 0.3) is 0 Å². The van der Waals surface area contributed by atoms with Gasteiger partial charge in [0.25, 0.3) is 0 Å². The summed E-state index contributed by atoms with van der Waals surface area (Å²) >= 11 is 15.2. The normalized spacial score (nSPS) is 39.6. The molecule has 4 heteroatoms. The summed E-state index contributed by atoms with van der Waals surface area (Å²) in [5.41, 5.74) is 0. The van der Waals surface area contributed by atoms with Crippen molar-refractivity contribution in [2.24, 2.45) is 0 Å².